The molecular weight excluding hydrogens is 384 g/mol. The van der Waals surface area contributed by atoms with Crippen LogP contribution in [0.15, 0.2) is 73.4 Å². The van der Waals surface area contributed by atoms with Gasteiger partial charge in [0.25, 0.3) is 0 Å². The summed E-state index contributed by atoms with van der Waals surface area (Å²) in [5, 5.41) is 9.18. The van der Waals surface area contributed by atoms with E-state index in [0.29, 0.717) is 10.8 Å². The van der Waals surface area contributed by atoms with Crippen LogP contribution in [0, 0.1) is 0 Å². The molecule has 0 fully saturated rings. The summed E-state index contributed by atoms with van der Waals surface area (Å²) in [5.74, 6) is 0.716. The highest BCUT2D eigenvalue weighted by molar-refractivity contribution is 6.33. The second kappa shape index (κ2) is 7.07. The average Bonchev–Trinajstić information content (AvgIpc) is 3.36. The Morgan fingerprint density at radius 2 is 1.93 bits per heavy atom. The zero-order chi connectivity index (χ0) is 19.8. The van der Waals surface area contributed by atoms with Gasteiger partial charge in [0, 0.05) is 60.1 Å². The standard InChI is InChI=1S/C22H17ClN6/c1-29-13-17(12-26-29)20-8-16-11-25-22(9-21(16)27-20)28-19-5-4-14(7-18(19)23)15-3-2-6-24-10-15/h2-13,27H,1H3,(H,25,28). The molecule has 5 rings (SSSR count). The molecule has 0 spiro atoms. The van der Waals surface area contributed by atoms with Crippen molar-refractivity contribution < 1.29 is 0 Å². The lowest BCUT2D eigenvalue weighted by atomic mass is 10.1. The van der Waals surface area contributed by atoms with Gasteiger partial charge in [0.15, 0.2) is 0 Å². The third-order valence-electron chi connectivity index (χ3n) is 4.75. The van der Waals surface area contributed by atoms with E-state index >= 15 is 0 Å². The number of nitrogens with zero attached hydrogens (tertiary/aromatic N) is 4. The Labute approximate surface area is 172 Å². The first-order valence-corrected chi connectivity index (χ1v) is 9.48. The molecule has 0 bridgehead atoms. The number of aromatic amines is 1. The minimum Gasteiger partial charge on any atom is -0.354 e. The van der Waals surface area contributed by atoms with Crippen LogP contribution < -0.4 is 5.32 Å². The summed E-state index contributed by atoms with van der Waals surface area (Å²) in [7, 11) is 1.90. The van der Waals surface area contributed by atoms with Crippen molar-refractivity contribution in [2.75, 3.05) is 5.32 Å². The van der Waals surface area contributed by atoms with Crippen molar-refractivity contribution in [1.82, 2.24) is 24.7 Å². The van der Waals surface area contributed by atoms with E-state index in [0.717, 1.165) is 39.0 Å². The average molecular weight is 401 g/mol. The van der Waals surface area contributed by atoms with Crippen molar-refractivity contribution >= 4 is 34.0 Å². The summed E-state index contributed by atoms with van der Waals surface area (Å²) in [6.07, 6.45) is 9.22. The Hall–Kier alpha value is -3.64. The second-order valence-electron chi connectivity index (χ2n) is 6.80. The summed E-state index contributed by atoms with van der Waals surface area (Å²) in [4.78, 5) is 12.1. The maximum atomic E-state index is 6.51. The molecule has 5 aromatic rings. The van der Waals surface area contributed by atoms with Gasteiger partial charge in [0.2, 0.25) is 0 Å². The molecule has 0 atom stereocenters. The van der Waals surface area contributed by atoms with E-state index < -0.39 is 0 Å². The van der Waals surface area contributed by atoms with Crippen LogP contribution in [0.1, 0.15) is 0 Å². The minimum atomic E-state index is 0.621. The summed E-state index contributed by atoms with van der Waals surface area (Å²) in [6, 6.07) is 13.8. The quantitative estimate of drug-likeness (QED) is 0.422. The van der Waals surface area contributed by atoms with Crippen molar-refractivity contribution in [1.29, 1.82) is 0 Å². The highest BCUT2D eigenvalue weighted by Gasteiger charge is 2.09. The maximum Gasteiger partial charge on any atom is 0.132 e. The zero-order valence-electron chi connectivity index (χ0n) is 15.6. The third kappa shape index (κ3) is 3.46. The lowest BCUT2D eigenvalue weighted by Gasteiger charge is -2.09. The Bertz CT molecular complexity index is 1310. The van der Waals surface area contributed by atoms with Gasteiger partial charge in [0.05, 0.1) is 22.4 Å². The monoisotopic (exact) mass is 400 g/mol. The molecule has 6 nitrogen and oxygen atoms in total. The molecule has 0 aliphatic carbocycles. The fraction of sp³-hybridized carbons (Fsp3) is 0.0455. The Morgan fingerprint density at radius 3 is 2.69 bits per heavy atom. The van der Waals surface area contributed by atoms with Crippen LogP contribution in [0.25, 0.3) is 33.3 Å². The normalized spacial score (nSPS) is 11.1. The fourth-order valence-corrected chi connectivity index (χ4v) is 3.51. The van der Waals surface area contributed by atoms with Gasteiger partial charge in [-0.2, -0.15) is 5.10 Å². The van der Waals surface area contributed by atoms with Crippen LogP contribution in [-0.4, -0.2) is 24.7 Å². The van der Waals surface area contributed by atoms with Crippen molar-refractivity contribution in [3.8, 4) is 22.4 Å². The Morgan fingerprint density at radius 1 is 1.00 bits per heavy atom. The third-order valence-corrected chi connectivity index (χ3v) is 5.06. The number of aryl methyl sites for hydroxylation is 1. The molecule has 0 radical (unpaired) electrons. The first-order chi connectivity index (χ1) is 14.2. The van der Waals surface area contributed by atoms with Crippen LogP contribution in [0.4, 0.5) is 11.5 Å². The van der Waals surface area contributed by atoms with Gasteiger partial charge in [-0.05, 0) is 29.8 Å². The molecule has 0 unspecified atom stereocenters. The van der Waals surface area contributed by atoms with Crippen LogP contribution in [0.3, 0.4) is 0 Å². The first-order valence-electron chi connectivity index (χ1n) is 9.10. The highest BCUT2D eigenvalue weighted by atomic mass is 35.5. The molecule has 29 heavy (non-hydrogen) atoms. The molecule has 142 valence electrons. The smallest absolute Gasteiger partial charge is 0.132 e. The molecule has 1 aromatic carbocycles. The topological polar surface area (TPSA) is 71.4 Å². The van der Waals surface area contributed by atoms with Crippen LogP contribution >= 0.6 is 11.6 Å². The van der Waals surface area contributed by atoms with Gasteiger partial charge < -0.3 is 10.3 Å². The highest BCUT2D eigenvalue weighted by Crippen LogP contribution is 2.31. The van der Waals surface area contributed by atoms with Crippen molar-refractivity contribution in [3.05, 3.63) is 78.5 Å². The van der Waals surface area contributed by atoms with Crippen LogP contribution in [-0.2, 0) is 7.05 Å². The largest absolute Gasteiger partial charge is 0.354 e. The SMILES string of the molecule is Cn1cc(-c2cc3cnc(Nc4ccc(-c5cccnc5)cc4Cl)cc3[nH]2)cn1. The van der Waals surface area contributed by atoms with Gasteiger partial charge in [-0.15, -0.1) is 0 Å². The summed E-state index contributed by atoms with van der Waals surface area (Å²) in [5.41, 5.74) is 5.87. The van der Waals surface area contributed by atoms with Gasteiger partial charge in [-0.3, -0.25) is 9.67 Å². The number of H-pyrrole nitrogens is 1. The molecule has 4 aromatic heterocycles. The van der Waals surface area contributed by atoms with Gasteiger partial charge >= 0.3 is 0 Å². The predicted octanol–water partition coefficient (Wildman–Crippen LogP) is 5.42. The molecule has 0 aliphatic heterocycles. The second-order valence-corrected chi connectivity index (χ2v) is 7.21. The van der Waals surface area contributed by atoms with E-state index in [1.54, 1.807) is 10.9 Å². The lowest BCUT2D eigenvalue weighted by Crippen LogP contribution is -1.94. The first kappa shape index (κ1) is 17.5. The number of pyridine rings is 2. The molecular formula is C22H17ClN6. The van der Waals surface area contributed by atoms with Crippen molar-refractivity contribution in [3.63, 3.8) is 0 Å². The van der Waals surface area contributed by atoms with Gasteiger partial charge in [-0.25, -0.2) is 4.98 Å². The number of hydrogen-bond donors (Lipinski definition) is 2. The number of anilines is 2. The lowest BCUT2D eigenvalue weighted by molar-refractivity contribution is 0.768. The molecule has 2 N–H and O–H groups in total. The predicted molar refractivity (Wildman–Crippen MR) is 116 cm³/mol. The van der Waals surface area contributed by atoms with E-state index in [1.165, 1.54) is 0 Å². The van der Waals surface area contributed by atoms with E-state index in [-0.39, 0.29) is 0 Å². The van der Waals surface area contributed by atoms with E-state index in [9.17, 15) is 0 Å². The molecule has 0 amide bonds. The van der Waals surface area contributed by atoms with Gasteiger partial charge in [-0.1, -0.05) is 23.7 Å². The Balaban J connectivity index is 1.42. The van der Waals surface area contributed by atoms with Crippen LogP contribution in [0.5, 0.6) is 0 Å². The summed E-state index contributed by atoms with van der Waals surface area (Å²) in [6.45, 7) is 0. The number of nitrogens with one attached hydrogen (secondary N) is 2. The number of rotatable bonds is 4. The number of halogens is 1. The van der Waals surface area contributed by atoms with Crippen molar-refractivity contribution in [2.24, 2.45) is 7.05 Å². The van der Waals surface area contributed by atoms with E-state index in [1.807, 2.05) is 68.2 Å². The maximum absolute atomic E-state index is 6.51. The van der Waals surface area contributed by atoms with E-state index in [4.69, 9.17) is 11.6 Å². The Kier molecular flexibility index (Phi) is 4.26. The zero-order valence-corrected chi connectivity index (χ0v) is 16.4. The molecule has 0 saturated carbocycles. The van der Waals surface area contributed by atoms with E-state index in [2.05, 4.69) is 31.4 Å². The number of hydrogen-bond acceptors (Lipinski definition) is 4. The van der Waals surface area contributed by atoms with Crippen molar-refractivity contribution in [2.45, 2.75) is 0 Å². The number of benzene rings is 1. The fourth-order valence-electron chi connectivity index (χ4n) is 3.28. The number of fused-ring (bicyclic) bond motifs is 1. The minimum absolute atomic E-state index is 0.621. The molecule has 0 aliphatic rings. The number of aromatic nitrogens is 5. The molecule has 7 heteroatoms. The summed E-state index contributed by atoms with van der Waals surface area (Å²) >= 11 is 6.51. The van der Waals surface area contributed by atoms with Crippen LogP contribution in [0.2, 0.25) is 5.02 Å². The van der Waals surface area contributed by atoms with Gasteiger partial charge in [0.1, 0.15) is 5.82 Å². The molecule has 0 saturated heterocycles. The summed E-state index contributed by atoms with van der Waals surface area (Å²) < 4.78 is 1.78. The molecule has 4 heterocycles.